The number of nitrogens with zero attached hydrogens (tertiary/aromatic N) is 2. The lowest BCUT2D eigenvalue weighted by molar-refractivity contribution is 0.0374. The van der Waals surface area contributed by atoms with Gasteiger partial charge in [0.1, 0.15) is 5.75 Å². The van der Waals surface area contributed by atoms with Gasteiger partial charge in [-0.15, -0.1) is 0 Å². The summed E-state index contributed by atoms with van der Waals surface area (Å²) in [5.41, 5.74) is 2.64. The highest BCUT2D eigenvalue weighted by Gasteiger charge is 2.15. The summed E-state index contributed by atoms with van der Waals surface area (Å²) < 4.78 is 11.0. The Labute approximate surface area is 134 Å². The molecule has 2 heterocycles. The lowest BCUT2D eigenvalue weighted by Crippen LogP contribution is -2.36. The van der Waals surface area contributed by atoms with Gasteiger partial charge in [-0.05, 0) is 43.9 Å². The fourth-order valence-electron chi connectivity index (χ4n) is 3.43. The molecule has 0 atom stereocenters. The first kappa shape index (κ1) is 15.6. The van der Waals surface area contributed by atoms with Crippen LogP contribution in [0.5, 0.6) is 5.75 Å². The summed E-state index contributed by atoms with van der Waals surface area (Å²) in [7, 11) is 1.79. The van der Waals surface area contributed by atoms with Gasteiger partial charge in [0.05, 0.1) is 20.3 Å². The van der Waals surface area contributed by atoms with E-state index in [4.69, 9.17) is 9.47 Å². The van der Waals surface area contributed by atoms with Crippen molar-refractivity contribution in [3.63, 3.8) is 0 Å². The van der Waals surface area contributed by atoms with Gasteiger partial charge in [0.2, 0.25) is 0 Å². The third-order valence-electron chi connectivity index (χ3n) is 4.77. The molecule has 0 unspecified atom stereocenters. The van der Waals surface area contributed by atoms with Crippen molar-refractivity contribution in [1.82, 2.24) is 4.90 Å². The SMILES string of the molecule is COc1cc(N2CCCC2)ccc1CCCN1CCOCC1. The smallest absolute Gasteiger partial charge is 0.124 e. The van der Waals surface area contributed by atoms with Gasteiger partial charge < -0.3 is 14.4 Å². The highest BCUT2D eigenvalue weighted by molar-refractivity contribution is 5.54. The first-order valence-electron chi connectivity index (χ1n) is 8.59. The average Bonchev–Trinajstić information content (AvgIpc) is 3.10. The molecule has 3 rings (SSSR count). The first-order chi connectivity index (χ1) is 10.9. The summed E-state index contributed by atoms with van der Waals surface area (Å²) in [5, 5.41) is 0. The molecule has 4 heteroatoms. The number of hydrogen-bond acceptors (Lipinski definition) is 4. The standard InChI is InChI=1S/C18H28N2O2/c1-21-18-15-17(20-9-2-3-10-20)7-6-16(18)5-4-8-19-11-13-22-14-12-19/h6-7,15H,2-5,8-14H2,1H3. The molecule has 1 aromatic rings. The van der Waals surface area contributed by atoms with E-state index in [2.05, 4.69) is 28.0 Å². The number of hydrogen-bond donors (Lipinski definition) is 0. The quantitative estimate of drug-likeness (QED) is 0.806. The van der Waals surface area contributed by atoms with Gasteiger partial charge in [-0.25, -0.2) is 0 Å². The van der Waals surface area contributed by atoms with E-state index in [-0.39, 0.29) is 0 Å². The van der Waals surface area contributed by atoms with Crippen LogP contribution in [0.1, 0.15) is 24.8 Å². The zero-order valence-corrected chi connectivity index (χ0v) is 13.7. The molecule has 0 spiro atoms. The van der Waals surface area contributed by atoms with Gasteiger partial charge in [0.25, 0.3) is 0 Å². The first-order valence-corrected chi connectivity index (χ1v) is 8.59. The van der Waals surface area contributed by atoms with Crippen LogP contribution in [0.3, 0.4) is 0 Å². The minimum atomic E-state index is 0.883. The second-order valence-corrected chi connectivity index (χ2v) is 6.25. The Bertz CT molecular complexity index is 466. The van der Waals surface area contributed by atoms with Crippen LogP contribution in [0.25, 0.3) is 0 Å². The molecular formula is C18H28N2O2. The van der Waals surface area contributed by atoms with Crippen LogP contribution in [0.4, 0.5) is 5.69 Å². The zero-order chi connectivity index (χ0) is 15.2. The second kappa shape index (κ2) is 7.84. The zero-order valence-electron chi connectivity index (χ0n) is 13.7. The third kappa shape index (κ3) is 3.93. The Morgan fingerprint density at radius 1 is 1.09 bits per heavy atom. The molecule has 2 fully saturated rings. The minimum Gasteiger partial charge on any atom is -0.496 e. The fraction of sp³-hybridized carbons (Fsp3) is 0.667. The largest absolute Gasteiger partial charge is 0.496 e. The molecule has 0 aliphatic carbocycles. The van der Waals surface area contributed by atoms with Crippen molar-refractivity contribution in [3.8, 4) is 5.75 Å². The Morgan fingerprint density at radius 3 is 2.59 bits per heavy atom. The minimum absolute atomic E-state index is 0.883. The molecule has 4 nitrogen and oxygen atoms in total. The van der Waals surface area contributed by atoms with Crippen molar-refractivity contribution in [1.29, 1.82) is 0 Å². The maximum atomic E-state index is 5.63. The van der Waals surface area contributed by atoms with E-state index in [0.29, 0.717) is 0 Å². The molecule has 2 saturated heterocycles. The van der Waals surface area contributed by atoms with E-state index >= 15 is 0 Å². The van der Waals surface area contributed by atoms with E-state index < -0.39 is 0 Å². The molecule has 2 aliphatic rings. The second-order valence-electron chi connectivity index (χ2n) is 6.25. The molecule has 0 amide bonds. The van der Waals surface area contributed by atoms with E-state index in [1.54, 1.807) is 7.11 Å². The lowest BCUT2D eigenvalue weighted by atomic mass is 10.1. The van der Waals surface area contributed by atoms with Gasteiger partial charge in [0.15, 0.2) is 0 Å². The maximum absolute atomic E-state index is 5.63. The molecule has 0 N–H and O–H groups in total. The van der Waals surface area contributed by atoms with Gasteiger partial charge in [-0.1, -0.05) is 6.07 Å². The summed E-state index contributed by atoms with van der Waals surface area (Å²) in [6, 6.07) is 6.74. The van der Waals surface area contributed by atoms with Crippen LogP contribution in [-0.2, 0) is 11.2 Å². The van der Waals surface area contributed by atoms with Crippen LogP contribution in [-0.4, -0.2) is 57.9 Å². The van der Waals surface area contributed by atoms with E-state index in [1.165, 1.54) is 43.6 Å². The van der Waals surface area contributed by atoms with Crippen molar-refractivity contribution in [2.45, 2.75) is 25.7 Å². The highest BCUT2D eigenvalue weighted by Crippen LogP contribution is 2.28. The Balaban J connectivity index is 1.55. The van der Waals surface area contributed by atoms with Gasteiger partial charge in [-0.3, -0.25) is 4.90 Å². The predicted octanol–water partition coefficient (Wildman–Crippen LogP) is 2.56. The Hall–Kier alpha value is -1.26. The van der Waals surface area contributed by atoms with Crippen LogP contribution in [0.15, 0.2) is 18.2 Å². The summed E-state index contributed by atoms with van der Waals surface area (Å²) in [5.74, 6) is 1.05. The van der Waals surface area contributed by atoms with Crippen LogP contribution < -0.4 is 9.64 Å². The number of morpholine rings is 1. The number of anilines is 1. The van der Waals surface area contributed by atoms with Crippen LogP contribution in [0, 0.1) is 0 Å². The number of benzene rings is 1. The fourth-order valence-corrected chi connectivity index (χ4v) is 3.43. The Kier molecular flexibility index (Phi) is 5.57. The van der Waals surface area contributed by atoms with Crippen molar-refractivity contribution in [2.24, 2.45) is 0 Å². The maximum Gasteiger partial charge on any atom is 0.124 e. The number of rotatable bonds is 6. The molecule has 1 aromatic carbocycles. The number of methoxy groups -OCH3 is 1. The van der Waals surface area contributed by atoms with Crippen LogP contribution >= 0.6 is 0 Å². The molecular weight excluding hydrogens is 276 g/mol. The van der Waals surface area contributed by atoms with E-state index in [1.807, 2.05) is 0 Å². The van der Waals surface area contributed by atoms with Gasteiger partial charge >= 0.3 is 0 Å². The molecule has 0 saturated carbocycles. The lowest BCUT2D eigenvalue weighted by Gasteiger charge is -2.26. The summed E-state index contributed by atoms with van der Waals surface area (Å²) >= 11 is 0. The van der Waals surface area contributed by atoms with Gasteiger partial charge in [-0.2, -0.15) is 0 Å². The summed E-state index contributed by atoms with van der Waals surface area (Å²) in [6.07, 6.45) is 4.88. The monoisotopic (exact) mass is 304 g/mol. The highest BCUT2D eigenvalue weighted by atomic mass is 16.5. The third-order valence-corrected chi connectivity index (χ3v) is 4.77. The topological polar surface area (TPSA) is 24.9 Å². The Morgan fingerprint density at radius 2 is 1.86 bits per heavy atom. The predicted molar refractivity (Wildman–Crippen MR) is 90.0 cm³/mol. The number of ether oxygens (including phenoxy) is 2. The molecule has 0 bridgehead atoms. The van der Waals surface area contributed by atoms with Crippen molar-refractivity contribution in [3.05, 3.63) is 23.8 Å². The van der Waals surface area contributed by atoms with Crippen LogP contribution in [0.2, 0.25) is 0 Å². The molecule has 122 valence electrons. The van der Waals surface area contributed by atoms with E-state index in [9.17, 15) is 0 Å². The molecule has 22 heavy (non-hydrogen) atoms. The van der Waals surface area contributed by atoms with E-state index in [0.717, 1.165) is 45.0 Å². The summed E-state index contributed by atoms with van der Waals surface area (Å²) in [4.78, 5) is 4.95. The van der Waals surface area contributed by atoms with Crippen molar-refractivity contribution in [2.75, 3.05) is 57.9 Å². The summed E-state index contributed by atoms with van der Waals surface area (Å²) in [6.45, 7) is 7.43. The van der Waals surface area contributed by atoms with Gasteiger partial charge in [0, 0.05) is 37.9 Å². The van der Waals surface area contributed by atoms with Crippen molar-refractivity contribution < 1.29 is 9.47 Å². The molecule has 0 aromatic heterocycles. The average molecular weight is 304 g/mol. The van der Waals surface area contributed by atoms with Crippen molar-refractivity contribution >= 4 is 5.69 Å². The normalized spacial score (nSPS) is 19.6. The number of aryl methyl sites for hydroxylation is 1. The molecule has 0 radical (unpaired) electrons. The molecule has 2 aliphatic heterocycles.